The average Bonchev–Trinajstić information content (AvgIpc) is 0. The van der Waals surface area contributed by atoms with Crippen LogP contribution in [-0.4, -0.2) is 0 Å². The van der Waals surface area contributed by atoms with Gasteiger partial charge in [0, 0.05) is 47.9 Å². The zero-order valence-electron chi connectivity index (χ0n) is 3.04. The smallest absolute Gasteiger partial charge is 0 e. The summed E-state index contributed by atoms with van der Waals surface area (Å²) in [6.07, 6.45) is 0. The molecule has 0 aromatic heterocycles. The van der Waals surface area contributed by atoms with Crippen molar-refractivity contribution >= 4 is 62.0 Å². The van der Waals surface area contributed by atoms with Gasteiger partial charge in [-0.3, -0.25) is 0 Å². The summed E-state index contributed by atoms with van der Waals surface area (Å²) in [5, 5.41) is 0. The maximum atomic E-state index is 0. The fraction of sp³-hybridized carbons (Fsp3) is 0. The zero-order chi connectivity index (χ0) is 0. The van der Waals surface area contributed by atoms with E-state index in [9.17, 15) is 0 Å². The molecule has 0 unspecified atom stereocenters. The Kier molecular flexibility index (Phi) is 798. The third kappa shape index (κ3) is 48.4. The van der Waals surface area contributed by atoms with Crippen molar-refractivity contribution in [1.29, 1.82) is 0 Å². The summed E-state index contributed by atoms with van der Waals surface area (Å²) in [4.78, 5) is 0. The Morgan fingerprint density at radius 3 is 0.429 bits per heavy atom. The first-order valence-electron chi connectivity index (χ1n) is 0. The minimum Gasteiger partial charge on any atom is -0.147 e. The van der Waals surface area contributed by atoms with Crippen LogP contribution in [0.5, 0.6) is 0 Å². The van der Waals surface area contributed by atoms with E-state index < -0.39 is 0 Å². The molecule has 0 aromatic rings. The van der Waals surface area contributed by atoms with Gasteiger partial charge in [-0.15, -0.1) is 62.0 Å². The molecule has 0 amide bonds. The second kappa shape index (κ2) is 63.1. The van der Waals surface area contributed by atoms with Crippen molar-refractivity contribution in [2.45, 2.75) is 0 Å². The molecule has 0 atom stereocenters. The van der Waals surface area contributed by atoms with Crippen molar-refractivity contribution < 1.29 is 47.9 Å². The van der Waals surface area contributed by atoms with E-state index in [2.05, 4.69) is 0 Å². The Hall–Kier alpha value is 3.05. The number of hydrogen-bond acceptors (Lipinski definition) is 0. The molecular weight excluding hydrogens is 316 g/mol. The van der Waals surface area contributed by atoms with E-state index in [0.29, 0.717) is 0 Å². The second-order valence-electron chi connectivity index (χ2n) is 0. The predicted molar refractivity (Wildman–Crippen MR) is 36.2 cm³/mol. The molecule has 0 spiro atoms. The summed E-state index contributed by atoms with van der Waals surface area (Å²) < 4.78 is 0. The van der Waals surface area contributed by atoms with Crippen molar-refractivity contribution in [2.24, 2.45) is 0 Å². The fourth-order valence-electron chi connectivity index (χ4n) is 0. The van der Waals surface area contributed by atoms with Crippen molar-refractivity contribution in [1.82, 2.24) is 0 Å². The van der Waals surface area contributed by atoms with Crippen LogP contribution in [0.15, 0.2) is 0 Å². The van der Waals surface area contributed by atoms with Gasteiger partial charge in [0.25, 0.3) is 0 Å². The molecule has 0 aliphatic carbocycles. The Morgan fingerprint density at radius 2 is 0.429 bits per heavy atom. The molecule has 7 heteroatoms. The molecule has 0 saturated carbocycles. The number of rotatable bonds is 0. The van der Waals surface area contributed by atoms with E-state index in [-0.39, 0.29) is 110 Å². The van der Waals surface area contributed by atoms with Gasteiger partial charge in [0.15, 0.2) is 0 Å². The van der Waals surface area contributed by atoms with Gasteiger partial charge in [0.05, 0.1) is 0 Å². The van der Waals surface area contributed by atoms with Crippen LogP contribution in [0.2, 0.25) is 0 Å². The van der Waals surface area contributed by atoms with E-state index in [0.717, 1.165) is 0 Å². The van der Waals surface area contributed by atoms with Gasteiger partial charge < -0.3 is 0 Å². The van der Waals surface area contributed by atoms with Gasteiger partial charge in [-0.1, -0.05) is 0 Å². The van der Waals surface area contributed by atoms with Gasteiger partial charge in [-0.2, -0.15) is 0 Å². The maximum absolute atomic E-state index is 0. The Balaban J connectivity index is 0. The summed E-state index contributed by atoms with van der Waals surface area (Å²) in [5.74, 6) is 0. The second-order valence-corrected chi connectivity index (χ2v) is 0. The van der Waals surface area contributed by atoms with Crippen LogP contribution in [0.3, 0.4) is 0 Å². The third-order valence-electron chi connectivity index (χ3n) is 0. The van der Waals surface area contributed by atoms with Crippen LogP contribution in [0.4, 0.5) is 0 Å². The van der Waals surface area contributed by atoms with Gasteiger partial charge in [-0.05, 0) is 0 Å². The molecule has 0 aliphatic heterocycles. The largest absolute Gasteiger partial charge is 0.147 e. The van der Waals surface area contributed by atoms with E-state index >= 15 is 0 Å². The average molecular weight is 321 g/mol. The van der Waals surface area contributed by atoms with Crippen molar-refractivity contribution in [3.05, 3.63) is 0 Å². The Bertz CT molecular complexity index is 8.04. The minimum absolute atomic E-state index is 0. The van der Waals surface area contributed by atoms with Crippen LogP contribution in [0, 0.1) is 0 Å². The number of halogens is 5. The molecule has 0 aliphatic rings. The summed E-state index contributed by atoms with van der Waals surface area (Å²) in [5.41, 5.74) is 0. The van der Waals surface area contributed by atoms with Crippen molar-refractivity contribution in [2.75, 3.05) is 0 Å². The topological polar surface area (TPSA) is 0 Å². The molecule has 0 aromatic carbocycles. The van der Waals surface area contributed by atoms with Crippen molar-refractivity contribution in [3.8, 4) is 0 Å². The third-order valence-corrected chi connectivity index (χ3v) is 0. The predicted octanol–water partition coefficient (Wildman–Crippen LogP) is 2.10. The molecule has 0 nitrogen and oxygen atoms in total. The molecule has 0 heterocycles. The first-order valence-corrected chi connectivity index (χ1v) is 0. The summed E-state index contributed by atoms with van der Waals surface area (Å²) in [6.45, 7) is 0. The molecule has 0 radical (unpaired) electrons. The first-order chi connectivity index (χ1) is 0. The summed E-state index contributed by atoms with van der Waals surface area (Å²) in [7, 11) is 0. The molecule has 0 bridgehead atoms. The fourth-order valence-corrected chi connectivity index (χ4v) is 0. The standard InChI is InChI=1S/5ClH.Ti.Zr/h5*1H;;. The van der Waals surface area contributed by atoms with Crippen LogP contribution < -0.4 is 0 Å². The maximum Gasteiger partial charge on any atom is 0 e. The normalized spacial score (nSPS) is 0. The Labute approximate surface area is 108 Å². The van der Waals surface area contributed by atoms with Crippen LogP contribution >= 0.6 is 62.0 Å². The van der Waals surface area contributed by atoms with Crippen LogP contribution in [0.25, 0.3) is 0 Å². The monoisotopic (exact) mass is 318 g/mol. The molecule has 48 valence electrons. The Morgan fingerprint density at radius 1 is 0.429 bits per heavy atom. The van der Waals surface area contributed by atoms with Gasteiger partial charge in [-0.25, -0.2) is 0 Å². The summed E-state index contributed by atoms with van der Waals surface area (Å²) in [6, 6.07) is 0. The quantitative estimate of drug-likeness (QED) is 0.600. The van der Waals surface area contributed by atoms with E-state index in [4.69, 9.17) is 0 Å². The zero-order valence-corrected chi connectivity index (χ0v) is 11.1. The number of hydrogen-bond donors (Lipinski definition) is 0. The molecule has 0 fully saturated rings. The summed E-state index contributed by atoms with van der Waals surface area (Å²) >= 11 is 0. The van der Waals surface area contributed by atoms with Crippen LogP contribution in [0.1, 0.15) is 0 Å². The van der Waals surface area contributed by atoms with E-state index in [1.54, 1.807) is 0 Å². The van der Waals surface area contributed by atoms with Gasteiger partial charge in [0.2, 0.25) is 0 Å². The van der Waals surface area contributed by atoms with Gasteiger partial charge in [0.1, 0.15) is 0 Å². The molecule has 0 rings (SSSR count). The first kappa shape index (κ1) is 88.6. The van der Waals surface area contributed by atoms with Crippen molar-refractivity contribution in [3.63, 3.8) is 0 Å². The van der Waals surface area contributed by atoms with E-state index in [1.165, 1.54) is 0 Å². The molecule has 7 heavy (non-hydrogen) atoms. The van der Waals surface area contributed by atoms with Gasteiger partial charge >= 0.3 is 0 Å². The SMILES string of the molecule is Cl.Cl.Cl.Cl.Cl.[Ti].[Zr]. The molecule has 0 N–H and O–H groups in total. The van der Waals surface area contributed by atoms with E-state index in [1.807, 2.05) is 0 Å². The molecular formula is H5Cl5TiZr. The molecule has 0 saturated heterocycles. The minimum atomic E-state index is 0. The van der Waals surface area contributed by atoms with Crippen LogP contribution in [-0.2, 0) is 47.9 Å².